The Morgan fingerprint density at radius 3 is 2.62 bits per heavy atom. The fourth-order valence-electron chi connectivity index (χ4n) is 2.57. The molecule has 3 aromatic rings. The first-order chi connectivity index (χ1) is 12.6. The summed E-state index contributed by atoms with van der Waals surface area (Å²) in [7, 11) is 0. The van der Waals surface area contributed by atoms with Crippen molar-refractivity contribution >= 4 is 28.9 Å². The molecule has 4 nitrogen and oxygen atoms in total. The van der Waals surface area contributed by atoms with Crippen molar-refractivity contribution in [2.24, 2.45) is 0 Å². The Morgan fingerprint density at radius 2 is 1.85 bits per heavy atom. The lowest BCUT2D eigenvalue weighted by Gasteiger charge is -2.15. The highest BCUT2D eigenvalue weighted by molar-refractivity contribution is 6.33. The minimum Gasteiger partial charge on any atom is -0.461 e. The largest absolute Gasteiger partial charge is 0.461 e. The van der Waals surface area contributed by atoms with Crippen LogP contribution in [0.5, 0.6) is 0 Å². The van der Waals surface area contributed by atoms with E-state index in [0.717, 1.165) is 28.1 Å². The minimum atomic E-state index is -0.285. The number of hydrogen-bond acceptors (Lipinski definition) is 4. The molecule has 26 heavy (non-hydrogen) atoms. The molecule has 0 radical (unpaired) electrons. The zero-order chi connectivity index (χ0) is 18.4. The molecule has 0 unspecified atom stereocenters. The lowest BCUT2D eigenvalue weighted by molar-refractivity contribution is -0.144. The summed E-state index contributed by atoms with van der Waals surface area (Å²) >= 11 is 6.30. The normalized spacial score (nSPS) is 10.4. The van der Waals surface area contributed by atoms with Crippen LogP contribution in [0, 0.1) is 6.92 Å². The molecule has 0 spiro atoms. The van der Waals surface area contributed by atoms with Gasteiger partial charge in [-0.25, -0.2) is 0 Å². The second-order valence-corrected chi connectivity index (χ2v) is 6.31. The second-order valence-electron chi connectivity index (χ2n) is 5.91. The van der Waals surface area contributed by atoms with Gasteiger partial charge in [-0.3, -0.25) is 9.78 Å². The summed E-state index contributed by atoms with van der Waals surface area (Å²) in [5.41, 5.74) is 4.47. The van der Waals surface area contributed by atoms with Crippen LogP contribution >= 0.6 is 11.6 Å². The van der Waals surface area contributed by atoms with Gasteiger partial charge in [0.1, 0.15) is 6.61 Å². The van der Waals surface area contributed by atoms with Gasteiger partial charge in [-0.15, -0.1) is 0 Å². The highest BCUT2D eigenvalue weighted by atomic mass is 35.5. The van der Waals surface area contributed by atoms with Gasteiger partial charge in [0.25, 0.3) is 0 Å². The third-order valence-corrected chi connectivity index (χ3v) is 4.30. The van der Waals surface area contributed by atoms with E-state index in [4.69, 9.17) is 16.3 Å². The first kappa shape index (κ1) is 18.0. The molecule has 0 saturated carbocycles. The number of nitrogens with zero attached hydrogens (tertiary/aromatic N) is 1. The molecular formula is C21H19ClN2O2. The van der Waals surface area contributed by atoms with E-state index >= 15 is 0 Å². The van der Waals surface area contributed by atoms with E-state index in [0.29, 0.717) is 5.02 Å². The van der Waals surface area contributed by atoms with Crippen LogP contribution in [-0.4, -0.2) is 11.0 Å². The number of hydrogen-bond donors (Lipinski definition) is 1. The molecule has 0 fully saturated rings. The molecule has 1 heterocycles. The highest BCUT2D eigenvalue weighted by Crippen LogP contribution is 2.30. The molecule has 0 saturated heterocycles. The Balaban J connectivity index is 1.70. The van der Waals surface area contributed by atoms with Crippen molar-refractivity contribution < 1.29 is 9.53 Å². The maximum atomic E-state index is 12.2. The molecule has 0 aliphatic carbocycles. The highest BCUT2D eigenvalue weighted by Gasteiger charge is 2.11. The Morgan fingerprint density at radius 1 is 1.08 bits per heavy atom. The van der Waals surface area contributed by atoms with Crippen molar-refractivity contribution in [3.63, 3.8) is 0 Å². The van der Waals surface area contributed by atoms with Crippen LogP contribution in [0.3, 0.4) is 0 Å². The Bertz CT molecular complexity index is 877. The molecule has 0 aliphatic heterocycles. The number of rotatable bonds is 6. The lowest BCUT2D eigenvalue weighted by atomic mass is 10.1. The van der Waals surface area contributed by atoms with Gasteiger partial charge in [0.05, 0.1) is 17.1 Å². The Labute approximate surface area is 157 Å². The predicted octanol–water partition coefficient (Wildman–Crippen LogP) is 5.07. The third kappa shape index (κ3) is 4.61. The molecule has 132 valence electrons. The van der Waals surface area contributed by atoms with Gasteiger partial charge in [0, 0.05) is 18.1 Å². The number of nitrogens with one attached hydrogen (secondary N) is 1. The van der Waals surface area contributed by atoms with E-state index in [2.05, 4.69) is 10.3 Å². The van der Waals surface area contributed by atoms with E-state index in [-0.39, 0.29) is 19.0 Å². The van der Waals surface area contributed by atoms with Crippen molar-refractivity contribution in [2.75, 3.05) is 5.32 Å². The van der Waals surface area contributed by atoms with Crippen molar-refractivity contribution in [2.45, 2.75) is 20.0 Å². The smallest absolute Gasteiger partial charge is 0.310 e. The van der Waals surface area contributed by atoms with Gasteiger partial charge in [0.15, 0.2) is 0 Å². The summed E-state index contributed by atoms with van der Waals surface area (Å²) < 4.78 is 5.36. The summed E-state index contributed by atoms with van der Waals surface area (Å²) in [6.45, 7) is 2.22. The molecule has 1 aromatic heterocycles. The second kappa shape index (κ2) is 8.50. The average Bonchev–Trinajstić information content (AvgIpc) is 2.65. The zero-order valence-electron chi connectivity index (χ0n) is 14.4. The SMILES string of the molecule is Cc1cccc(Cl)c1Nc1ccccc1CC(=O)OCc1ccncc1. The van der Waals surface area contributed by atoms with Crippen LogP contribution in [0.2, 0.25) is 5.02 Å². The van der Waals surface area contributed by atoms with Crippen LogP contribution < -0.4 is 5.32 Å². The van der Waals surface area contributed by atoms with Gasteiger partial charge in [-0.05, 0) is 47.9 Å². The maximum absolute atomic E-state index is 12.2. The van der Waals surface area contributed by atoms with Gasteiger partial charge in [-0.2, -0.15) is 0 Å². The van der Waals surface area contributed by atoms with Crippen LogP contribution in [0.4, 0.5) is 11.4 Å². The minimum absolute atomic E-state index is 0.178. The van der Waals surface area contributed by atoms with Crippen molar-refractivity contribution in [1.29, 1.82) is 0 Å². The van der Waals surface area contributed by atoms with Gasteiger partial charge >= 0.3 is 5.97 Å². The summed E-state index contributed by atoms with van der Waals surface area (Å²) in [5, 5.41) is 3.98. The van der Waals surface area contributed by atoms with Crippen molar-refractivity contribution in [1.82, 2.24) is 4.98 Å². The lowest BCUT2D eigenvalue weighted by Crippen LogP contribution is -2.09. The number of pyridine rings is 1. The van der Waals surface area contributed by atoms with Crippen LogP contribution in [0.1, 0.15) is 16.7 Å². The summed E-state index contributed by atoms with van der Waals surface area (Å²) in [4.78, 5) is 16.2. The molecule has 0 amide bonds. The predicted molar refractivity (Wildman–Crippen MR) is 104 cm³/mol. The number of anilines is 2. The molecule has 0 bridgehead atoms. The fraction of sp³-hybridized carbons (Fsp3) is 0.143. The number of para-hydroxylation sites is 2. The molecule has 0 aliphatic rings. The number of ether oxygens (including phenoxy) is 1. The quantitative estimate of drug-likeness (QED) is 0.618. The van der Waals surface area contributed by atoms with Crippen LogP contribution in [-0.2, 0) is 22.6 Å². The number of carbonyl (C=O) groups excluding carboxylic acids is 1. The molecular weight excluding hydrogens is 348 g/mol. The number of carbonyl (C=O) groups is 1. The van der Waals surface area contributed by atoms with Crippen LogP contribution in [0.15, 0.2) is 67.0 Å². The van der Waals surface area contributed by atoms with Gasteiger partial charge in [0.2, 0.25) is 0 Å². The number of aromatic nitrogens is 1. The zero-order valence-corrected chi connectivity index (χ0v) is 15.2. The molecule has 3 rings (SSSR count). The van der Waals surface area contributed by atoms with E-state index in [9.17, 15) is 4.79 Å². The summed E-state index contributed by atoms with van der Waals surface area (Å²) in [6, 6.07) is 17.0. The van der Waals surface area contributed by atoms with E-state index in [1.165, 1.54) is 0 Å². The number of aryl methyl sites for hydroxylation is 1. The maximum Gasteiger partial charge on any atom is 0.310 e. The van der Waals surface area contributed by atoms with E-state index in [1.54, 1.807) is 12.4 Å². The van der Waals surface area contributed by atoms with Crippen molar-refractivity contribution in [3.8, 4) is 0 Å². The monoisotopic (exact) mass is 366 g/mol. The number of benzene rings is 2. The molecule has 0 atom stereocenters. The summed E-state index contributed by atoms with van der Waals surface area (Å²) in [5.74, 6) is -0.285. The Hall–Kier alpha value is -2.85. The fourth-order valence-corrected chi connectivity index (χ4v) is 2.84. The first-order valence-electron chi connectivity index (χ1n) is 8.28. The molecule has 5 heteroatoms. The van der Waals surface area contributed by atoms with Crippen molar-refractivity contribution in [3.05, 3.63) is 88.7 Å². The van der Waals surface area contributed by atoms with Gasteiger partial charge < -0.3 is 10.1 Å². The number of halogens is 1. The van der Waals surface area contributed by atoms with E-state index < -0.39 is 0 Å². The molecule has 2 aromatic carbocycles. The van der Waals surface area contributed by atoms with E-state index in [1.807, 2.05) is 61.5 Å². The number of esters is 1. The first-order valence-corrected chi connectivity index (χ1v) is 8.66. The average molecular weight is 367 g/mol. The summed E-state index contributed by atoms with van der Waals surface area (Å²) in [6.07, 6.45) is 3.53. The molecule has 1 N–H and O–H groups in total. The topological polar surface area (TPSA) is 51.2 Å². The Kier molecular flexibility index (Phi) is 5.87. The third-order valence-electron chi connectivity index (χ3n) is 3.98. The van der Waals surface area contributed by atoms with Gasteiger partial charge in [-0.1, -0.05) is 41.9 Å². The standard InChI is InChI=1S/C21H19ClN2O2/c1-15-5-4-7-18(22)21(15)24-19-8-3-2-6-17(19)13-20(25)26-14-16-9-11-23-12-10-16/h2-12,24H,13-14H2,1H3. The van der Waals surface area contributed by atoms with Crippen LogP contribution in [0.25, 0.3) is 0 Å².